The molecule has 0 aromatic rings. The third-order valence-corrected chi connectivity index (χ3v) is 33.6. The first-order chi connectivity index (χ1) is 5.46. The molecular formula is C5H13Cl5Si3. The van der Waals surface area contributed by atoms with Crippen LogP contribution in [0.2, 0.25) is 19.6 Å². The van der Waals surface area contributed by atoms with E-state index >= 15 is 0 Å². The van der Waals surface area contributed by atoms with E-state index in [4.69, 9.17) is 58.0 Å². The van der Waals surface area contributed by atoms with Crippen LogP contribution < -0.4 is 0 Å². The predicted molar refractivity (Wildman–Crippen MR) is 75.2 cm³/mol. The van der Waals surface area contributed by atoms with E-state index in [0.717, 1.165) is 0 Å². The molecule has 0 aliphatic carbocycles. The minimum absolute atomic E-state index is 0.174. The van der Waals surface area contributed by atoms with E-state index in [1.165, 1.54) is 0 Å². The van der Waals surface area contributed by atoms with Crippen molar-refractivity contribution in [1.29, 1.82) is 0 Å². The van der Waals surface area contributed by atoms with Crippen molar-refractivity contribution in [2.45, 2.75) is 27.4 Å². The number of halogens is 5. The highest BCUT2D eigenvalue weighted by Crippen LogP contribution is 2.44. The van der Waals surface area contributed by atoms with Gasteiger partial charge in [-0.15, -0.1) is 23.2 Å². The smallest absolute Gasteiger partial charge is 0.102 e. The monoisotopic (exact) mass is 332 g/mol. The summed E-state index contributed by atoms with van der Waals surface area (Å²) in [6.45, 7) is 6.94. The summed E-state index contributed by atoms with van der Waals surface area (Å²) in [7, 11) is -1.80. The second-order valence-electron chi connectivity index (χ2n) is 4.26. The maximum Gasteiger partial charge on any atom is 0.218 e. The molecule has 0 bridgehead atoms. The van der Waals surface area contributed by atoms with Gasteiger partial charge in [0.1, 0.15) is 3.96 Å². The molecule has 0 radical (unpaired) electrons. The molecule has 0 amide bonds. The van der Waals surface area contributed by atoms with Crippen molar-refractivity contribution in [3.05, 3.63) is 0 Å². The molecule has 0 saturated carbocycles. The highest BCUT2D eigenvalue weighted by atomic mass is 35.6. The molecule has 0 rings (SSSR count). The normalized spacial score (nSPS) is 16.6. The summed E-state index contributed by atoms with van der Waals surface area (Å²) >= 11 is 29.1. The van der Waals surface area contributed by atoms with Crippen LogP contribution in [0.5, 0.6) is 0 Å². The molecule has 0 N–H and O–H groups in total. The first kappa shape index (κ1) is 15.1. The molecule has 0 unspecified atom stereocenters. The first-order valence-corrected chi connectivity index (χ1v) is 16.3. The SMILES string of the molecule is C[Si](C)(C)[SiH2][SiH2]C(Cl)(Cl)C(Cl)(Cl)Cl. The van der Waals surface area contributed by atoms with Crippen LogP contribution in [0.25, 0.3) is 0 Å². The van der Waals surface area contributed by atoms with Crippen molar-refractivity contribution in [3.8, 4) is 0 Å². The van der Waals surface area contributed by atoms with Gasteiger partial charge in [0.05, 0.1) is 9.04 Å². The van der Waals surface area contributed by atoms with Crippen LogP contribution in [0, 0.1) is 0 Å². The molecule has 0 aromatic heterocycles. The van der Waals surface area contributed by atoms with Crippen LogP contribution in [-0.4, -0.2) is 32.9 Å². The lowest BCUT2D eigenvalue weighted by atomic mass is 10.9. The summed E-state index contributed by atoms with van der Waals surface area (Å²) in [6, 6.07) is 0. The van der Waals surface area contributed by atoms with Crippen molar-refractivity contribution < 1.29 is 0 Å². The summed E-state index contributed by atoms with van der Waals surface area (Å²) in [5.41, 5.74) is 0. The van der Waals surface area contributed by atoms with Gasteiger partial charge in [-0.05, 0) is 0 Å². The standard InChI is InChI=1S/C5H13Cl5Si3/c1-13(2,3)12-11-5(9,10)4(6,7)8/h11-12H2,1-3H3. The van der Waals surface area contributed by atoms with Crippen LogP contribution >= 0.6 is 58.0 Å². The van der Waals surface area contributed by atoms with Gasteiger partial charge in [-0.25, -0.2) is 0 Å². The van der Waals surface area contributed by atoms with Crippen molar-refractivity contribution in [1.82, 2.24) is 0 Å². The second-order valence-corrected chi connectivity index (χ2v) is 30.0. The van der Waals surface area contributed by atoms with Gasteiger partial charge in [0, 0.05) is 16.1 Å². The van der Waals surface area contributed by atoms with Crippen LogP contribution in [0.15, 0.2) is 0 Å². The van der Waals surface area contributed by atoms with E-state index in [-0.39, 0.29) is 8.55 Å². The molecule has 8 heteroatoms. The highest BCUT2D eigenvalue weighted by molar-refractivity contribution is 7.44. The fraction of sp³-hybridized carbons (Fsp3) is 1.00. The minimum Gasteiger partial charge on any atom is -0.102 e. The fourth-order valence-corrected chi connectivity index (χ4v) is 23.3. The minimum atomic E-state index is -1.52. The van der Waals surface area contributed by atoms with Gasteiger partial charge in [-0.3, -0.25) is 0 Å². The molecule has 0 spiro atoms. The van der Waals surface area contributed by atoms with Gasteiger partial charge in [0.25, 0.3) is 0 Å². The van der Waals surface area contributed by atoms with Crippen molar-refractivity contribution in [2.75, 3.05) is 0 Å². The maximum absolute atomic E-state index is 6.01. The van der Waals surface area contributed by atoms with Crippen molar-refractivity contribution in [3.63, 3.8) is 0 Å². The summed E-state index contributed by atoms with van der Waals surface area (Å²) in [5.74, 6) is 0. The van der Waals surface area contributed by atoms with Crippen LogP contribution in [-0.2, 0) is 0 Å². The Balaban J connectivity index is 4.21. The molecule has 80 valence electrons. The van der Waals surface area contributed by atoms with Crippen molar-refractivity contribution in [2.24, 2.45) is 0 Å². The zero-order valence-corrected chi connectivity index (χ0v) is 15.4. The second kappa shape index (κ2) is 4.95. The number of alkyl halides is 5. The summed E-state index contributed by atoms with van der Waals surface area (Å²) < 4.78 is -2.60. The Bertz CT molecular complexity index is 170. The first-order valence-electron chi connectivity index (χ1n) is 3.90. The van der Waals surface area contributed by atoms with E-state index in [9.17, 15) is 0 Å². The quantitative estimate of drug-likeness (QED) is 0.550. The number of rotatable bonds is 3. The van der Waals surface area contributed by atoms with Gasteiger partial charge in [0.2, 0.25) is 3.79 Å². The Labute approximate surface area is 110 Å². The lowest BCUT2D eigenvalue weighted by Gasteiger charge is -2.29. The zero-order valence-electron chi connectivity index (χ0n) is 7.80. The van der Waals surface area contributed by atoms with E-state index in [1.54, 1.807) is 0 Å². The average molecular weight is 335 g/mol. The topological polar surface area (TPSA) is 0 Å². The van der Waals surface area contributed by atoms with E-state index in [0.29, 0.717) is 0 Å². The molecule has 0 heterocycles. The molecule has 0 saturated heterocycles. The Morgan fingerprint density at radius 2 is 1.31 bits per heavy atom. The lowest BCUT2D eigenvalue weighted by Crippen LogP contribution is -2.47. The molecule has 0 aliphatic heterocycles. The van der Waals surface area contributed by atoms with Crippen LogP contribution in [0.4, 0.5) is 0 Å². The Morgan fingerprint density at radius 1 is 0.923 bits per heavy atom. The van der Waals surface area contributed by atoms with Gasteiger partial charge in [0.15, 0.2) is 0 Å². The molecule has 0 atom stereocenters. The molecule has 13 heavy (non-hydrogen) atoms. The lowest BCUT2D eigenvalue weighted by molar-refractivity contribution is 1.09. The molecule has 0 nitrogen and oxygen atoms in total. The summed E-state index contributed by atoms with van der Waals surface area (Å²) in [6.07, 6.45) is 0. The Kier molecular flexibility index (Phi) is 5.76. The third kappa shape index (κ3) is 6.30. The predicted octanol–water partition coefficient (Wildman–Crippen LogP) is 2.58. The van der Waals surface area contributed by atoms with Gasteiger partial charge in [-0.1, -0.05) is 54.4 Å². The molecular weight excluding hydrogens is 322 g/mol. The molecule has 0 fully saturated rings. The third-order valence-electron chi connectivity index (χ3n) is 1.60. The van der Waals surface area contributed by atoms with Gasteiger partial charge >= 0.3 is 0 Å². The van der Waals surface area contributed by atoms with Gasteiger partial charge < -0.3 is 0 Å². The van der Waals surface area contributed by atoms with Gasteiger partial charge in [-0.2, -0.15) is 0 Å². The van der Waals surface area contributed by atoms with Crippen molar-refractivity contribution >= 4 is 83.2 Å². The van der Waals surface area contributed by atoms with E-state index < -0.39 is 24.4 Å². The van der Waals surface area contributed by atoms with Crippen LogP contribution in [0.3, 0.4) is 0 Å². The largest absolute Gasteiger partial charge is 0.218 e. The van der Waals surface area contributed by atoms with E-state index in [2.05, 4.69) is 19.6 Å². The Hall–Kier alpha value is 2.10. The maximum atomic E-state index is 6.01. The summed E-state index contributed by atoms with van der Waals surface area (Å²) in [5, 5.41) is 0. The van der Waals surface area contributed by atoms with E-state index in [1.807, 2.05) is 0 Å². The Morgan fingerprint density at radius 3 is 1.54 bits per heavy atom. The van der Waals surface area contributed by atoms with Crippen LogP contribution in [0.1, 0.15) is 0 Å². The average Bonchev–Trinajstić information content (AvgIpc) is 1.79. The fourth-order valence-electron chi connectivity index (χ4n) is 0.674. The zero-order chi connectivity index (χ0) is 10.9. The molecule has 0 aliphatic rings. The number of hydrogen-bond acceptors (Lipinski definition) is 0. The molecule has 0 aromatic carbocycles. The highest BCUT2D eigenvalue weighted by Gasteiger charge is 2.45. The number of hydrogen-bond donors (Lipinski definition) is 0. The summed E-state index contributed by atoms with van der Waals surface area (Å²) in [4.78, 5) is 0.